The van der Waals surface area contributed by atoms with Gasteiger partial charge in [-0.2, -0.15) is 0 Å². The van der Waals surface area contributed by atoms with Crippen LogP contribution in [0.1, 0.15) is 0 Å². The number of H-pyrrole nitrogens is 1. The summed E-state index contributed by atoms with van der Waals surface area (Å²) in [6, 6.07) is 1.43. The molecule has 0 aromatic carbocycles. The van der Waals surface area contributed by atoms with Crippen LogP contribution in [0.5, 0.6) is 0 Å². The monoisotopic (exact) mass is 136 g/mol. The molecule has 0 unspecified atom stereocenters. The minimum absolute atomic E-state index is 0.0741. The topological polar surface area (TPSA) is 58.9 Å². The number of hydrogen-bond donors (Lipinski definition) is 1. The largest absolute Gasteiger partial charge is 0.338 e. The van der Waals surface area contributed by atoms with Gasteiger partial charge in [0.2, 0.25) is 5.71 Å². The van der Waals surface area contributed by atoms with Crippen molar-refractivity contribution in [3.05, 3.63) is 28.7 Å². The number of aromatic nitrogens is 2. The van der Waals surface area contributed by atoms with Crippen molar-refractivity contribution in [3.63, 3.8) is 0 Å². The Labute approximate surface area is 55.5 Å². The lowest BCUT2D eigenvalue weighted by atomic mass is 10.4. The second-order valence-corrected chi connectivity index (χ2v) is 1.91. The van der Waals surface area contributed by atoms with Gasteiger partial charge >= 0.3 is 0 Å². The number of nitrogens with zero attached hydrogens (tertiary/aromatic N) is 1. The van der Waals surface area contributed by atoms with Crippen LogP contribution in [0.3, 0.4) is 0 Å². The molecule has 4 nitrogen and oxygen atoms in total. The maximum absolute atomic E-state index is 10.9. The Balaban J connectivity index is 3.09. The Morgan fingerprint density at radius 3 is 3.30 bits per heavy atom. The van der Waals surface area contributed by atoms with Crippen molar-refractivity contribution < 1.29 is 4.52 Å². The Kier molecular flexibility index (Phi) is 0.887. The zero-order chi connectivity index (χ0) is 6.97. The molecule has 0 amide bonds. The lowest BCUT2D eigenvalue weighted by Crippen LogP contribution is -1.96. The predicted molar refractivity (Wildman–Crippen MR) is 34.6 cm³/mol. The number of pyridine rings is 1. The van der Waals surface area contributed by atoms with Crippen molar-refractivity contribution >= 4 is 11.1 Å². The summed E-state index contributed by atoms with van der Waals surface area (Å²) < 4.78 is 4.69. The van der Waals surface area contributed by atoms with Gasteiger partial charge in [0.1, 0.15) is 5.39 Å². The van der Waals surface area contributed by atoms with E-state index in [1.54, 1.807) is 0 Å². The predicted octanol–water partition coefficient (Wildman–Crippen LogP) is 0.516. The molecule has 2 aromatic rings. The molecule has 2 rings (SSSR count). The lowest BCUT2D eigenvalue weighted by Gasteiger charge is -1.80. The summed E-state index contributed by atoms with van der Waals surface area (Å²) in [5.41, 5.74) is 0.350. The van der Waals surface area contributed by atoms with Crippen LogP contribution >= 0.6 is 0 Å². The summed E-state index contributed by atoms with van der Waals surface area (Å²) in [5.74, 6) is 0. The first-order valence-corrected chi connectivity index (χ1v) is 2.80. The summed E-state index contributed by atoms with van der Waals surface area (Å²) in [6.45, 7) is 0. The summed E-state index contributed by atoms with van der Waals surface area (Å²) in [7, 11) is 0. The molecule has 0 aliphatic carbocycles. The van der Waals surface area contributed by atoms with Crippen LogP contribution in [0.2, 0.25) is 0 Å². The van der Waals surface area contributed by atoms with Gasteiger partial charge in [0.25, 0.3) is 0 Å². The van der Waals surface area contributed by atoms with E-state index in [9.17, 15) is 4.79 Å². The van der Waals surface area contributed by atoms with Crippen LogP contribution < -0.4 is 5.43 Å². The van der Waals surface area contributed by atoms with Crippen molar-refractivity contribution in [2.45, 2.75) is 0 Å². The van der Waals surface area contributed by atoms with Gasteiger partial charge in [0.05, 0.1) is 6.20 Å². The maximum atomic E-state index is 10.9. The molecule has 10 heavy (non-hydrogen) atoms. The van der Waals surface area contributed by atoms with Gasteiger partial charge in [0, 0.05) is 12.3 Å². The first-order chi connectivity index (χ1) is 4.88. The fourth-order valence-electron chi connectivity index (χ4n) is 0.802. The Hall–Kier alpha value is -1.58. The van der Waals surface area contributed by atoms with Gasteiger partial charge in [-0.05, 0) is 0 Å². The van der Waals surface area contributed by atoms with E-state index in [1.807, 2.05) is 0 Å². The van der Waals surface area contributed by atoms with E-state index < -0.39 is 0 Å². The Bertz CT molecular complexity index is 401. The summed E-state index contributed by atoms with van der Waals surface area (Å²) >= 11 is 0. The average molecular weight is 136 g/mol. The number of hydrogen-bond acceptors (Lipinski definition) is 3. The third kappa shape index (κ3) is 0.556. The first kappa shape index (κ1) is 5.22. The van der Waals surface area contributed by atoms with E-state index in [-0.39, 0.29) is 5.43 Å². The van der Waals surface area contributed by atoms with Gasteiger partial charge in [-0.15, -0.1) is 0 Å². The van der Waals surface area contributed by atoms with E-state index in [4.69, 9.17) is 4.52 Å². The molecule has 0 radical (unpaired) electrons. The second-order valence-electron chi connectivity index (χ2n) is 1.91. The standard InChI is InChI=1S/C6H4N2O2/c9-5-1-2-7-6-4(5)3-8-10-6/h1-3H,(H,7,9). The van der Waals surface area contributed by atoms with Crippen LogP contribution in [0, 0.1) is 0 Å². The van der Waals surface area contributed by atoms with Crippen molar-refractivity contribution in [2.24, 2.45) is 0 Å². The summed E-state index contributed by atoms with van der Waals surface area (Å²) in [6.07, 6.45) is 2.92. The van der Waals surface area contributed by atoms with Crippen molar-refractivity contribution in [1.29, 1.82) is 0 Å². The molecule has 0 fully saturated rings. The van der Waals surface area contributed by atoms with Crippen molar-refractivity contribution in [1.82, 2.24) is 10.1 Å². The first-order valence-electron chi connectivity index (χ1n) is 2.80. The fourth-order valence-corrected chi connectivity index (χ4v) is 0.802. The number of rotatable bonds is 0. The molecule has 0 spiro atoms. The lowest BCUT2D eigenvalue weighted by molar-refractivity contribution is 0.448. The number of aromatic amines is 1. The van der Waals surface area contributed by atoms with Crippen LogP contribution in [0.4, 0.5) is 0 Å². The maximum Gasteiger partial charge on any atom is 0.239 e. The van der Waals surface area contributed by atoms with E-state index >= 15 is 0 Å². The minimum Gasteiger partial charge on any atom is -0.338 e. The van der Waals surface area contributed by atoms with E-state index in [0.29, 0.717) is 11.1 Å². The van der Waals surface area contributed by atoms with Crippen molar-refractivity contribution in [2.75, 3.05) is 0 Å². The van der Waals surface area contributed by atoms with Gasteiger partial charge in [-0.3, -0.25) is 4.79 Å². The Morgan fingerprint density at radius 1 is 1.60 bits per heavy atom. The molecule has 0 bridgehead atoms. The third-order valence-electron chi connectivity index (χ3n) is 1.29. The van der Waals surface area contributed by atoms with Gasteiger partial charge in [-0.25, -0.2) is 0 Å². The molecule has 4 heteroatoms. The van der Waals surface area contributed by atoms with Crippen LogP contribution in [0.15, 0.2) is 27.8 Å². The average Bonchev–Trinajstić information content (AvgIpc) is 2.36. The molecule has 1 N–H and O–H groups in total. The molecule has 0 atom stereocenters. The molecule has 0 saturated heterocycles. The van der Waals surface area contributed by atoms with Crippen LogP contribution in [-0.4, -0.2) is 10.1 Å². The smallest absolute Gasteiger partial charge is 0.239 e. The molecule has 0 saturated carbocycles. The van der Waals surface area contributed by atoms with Crippen LogP contribution in [-0.2, 0) is 0 Å². The highest BCUT2D eigenvalue weighted by Crippen LogP contribution is 2.01. The highest BCUT2D eigenvalue weighted by Gasteiger charge is 1.98. The SMILES string of the molecule is O=c1cc[nH]c2oncc12. The van der Waals surface area contributed by atoms with E-state index in [2.05, 4.69) is 10.1 Å². The van der Waals surface area contributed by atoms with Gasteiger partial charge in [-0.1, -0.05) is 5.16 Å². The highest BCUT2D eigenvalue weighted by molar-refractivity contribution is 5.70. The molecule has 0 aliphatic rings. The second kappa shape index (κ2) is 1.70. The third-order valence-corrected chi connectivity index (χ3v) is 1.29. The van der Waals surface area contributed by atoms with Gasteiger partial charge in [0.15, 0.2) is 5.43 Å². The van der Waals surface area contributed by atoms with Gasteiger partial charge < -0.3 is 9.51 Å². The normalized spacial score (nSPS) is 10.4. The zero-order valence-corrected chi connectivity index (χ0v) is 5.00. The van der Waals surface area contributed by atoms with E-state index in [1.165, 1.54) is 18.5 Å². The minimum atomic E-state index is -0.0741. The molecular formula is C6H4N2O2. The number of nitrogens with one attached hydrogen (secondary N) is 1. The summed E-state index contributed by atoms with van der Waals surface area (Å²) in [5, 5.41) is 3.94. The molecular weight excluding hydrogens is 132 g/mol. The fraction of sp³-hybridized carbons (Fsp3) is 0. The molecule has 50 valence electrons. The number of fused-ring (bicyclic) bond motifs is 1. The summed E-state index contributed by atoms with van der Waals surface area (Å²) in [4.78, 5) is 13.7. The van der Waals surface area contributed by atoms with E-state index in [0.717, 1.165) is 0 Å². The van der Waals surface area contributed by atoms with Crippen LogP contribution in [0.25, 0.3) is 11.1 Å². The molecule has 2 heterocycles. The zero-order valence-electron chi connectivity index (χ0n) is 5.00. The highest BCUT2D eigenvalue weighted by atomic mass is 16.5. The molecule has 0 aliphatic heterocycles. The quantitative estimate of drug-likeness (QED) is 0.574. The Morgan fingerprint density at radius 2 is 2.50 bits per heavy atom. The van der Waals surface area contributed by atoms with Crippen molar-refractivity contribution in [3.8, 4) is 0 Å². The molecule has 2 aromatic heterocycles.